The molecule has 128 valence electrons. The van der Waals surface area contributed by atoms with Crippen molar-refractivity contribution in [3.8, 4) is 0 Å². The van der Waals surface area contributed by atoms with Gasteiger partial charge in [0, 0.05) is 34.9 Å². The first-order chi connectivity index (χ1) is 11.9. The third-order valence-electron chi connectivity index (χ3n) is 3.80. The number of hydrogen-bond acceptors (Lipinski definition) is 2. The Bertz CT molecular complexity index is 1050. The molecule has 2 aromatic carbocycles. The predicted octanol–water partition coefficient (Wildman–Crippen LogP) is 4.21. The largest absolute Gasteiger partial charge is 0.347 e. The van der Waals surface area contributed by atoms with Crippen LogP contribution in [0.2, 0.25) is 5.02 Å². The highest BCUT2D eigenvalue weighted by molar-refractivity contribution is 6.31. The summed E-state index contributed by atoms with van der Waals surface area (Å²) in [5.74, 6) is -2.82. The monoisotopic (exact) mass is 362 g/mol. The van der Waals surface area contributed by atoms with E-state index in [2.05, 4.69) is 5.32 Å². The molecule has 0 unspecified atom stereocenters. The SMILES string of the molecule is CCn1cc(C(=O)Nc2ccc(F)c(F)c2)c(=O)c2cc(Cl)ccc21. The number of carbonyl (C=O) groups excluding carboxylic acids is 1. The molecule has 4 nitrogen and oxygen atoms in total. The van der Waals surface area contributed by atoms with E-state index in [-0.39, 0.29) is 11.3 Å². The maximum Gasteiger partial charge on any atom is 0.261 e. The normalized spacial score (nSPS) is 10.9. The van der Waals surface area contributed by atoms with Gasteiger partial charge in [0.05, 0.1) is 5.52 Å². The van der Waals surface area contributed by atoms with Crippen LogP contribution in [0.5, 0.6) is 0 Å². The van der Waals surface area contributed by atoms with Gasteiger partial charge in [-0.15, -0.1) is 0 Å². The molecule has 0 aliphatic carbocycles. The van der Waals surface area contributed by atoms with Gasteiger partial charge < -0.3 is 9.88 Å². The van der Waals surface area contributed by atoms with Gasteiger partial charge in [-0.05, 0) is 37.3 Å². The Kier molecular flexibility index (Phi) is 4.55. The van der Waals surface area contributed by atoms with Gasteiger partial charge in [-0.25, -0.2) is 8.78 Å². The molecular formula is C18H13ClF2N2O2. The number of carbonyl (C=O) groups is 1. The van der Waals surface area contributed by atoms with Crippen LogP contribution in [0.3, 0.4) is 0 Å². The molecule has 0 saturated heterocycles. The van der Waals surface area contributed by atoms with Gasteiger partial charge in [0.15, 0.2) is 11.6 Å². The van der Waals surface area contributed by atoms with E-state index in [1.54, 1.807) is 16.7 Å². The average Bonchev–Trinajstić information content (AvgIpc) is 2.59. The molecule has 0 saturated carbocycles. The summed E-state index contributed by atoms with van der Waals surface area (Å²) in [6, 6.07) is 7.83. The Morgan fingerprint density at radius 3 is 2.60 bits per heavy atom. The van der Waals surface area contributed by atoms with Gasteiger partial charge in [0.2, 0.25) is 5.43 Å². The van der Waals surface area contributed by atoms with Crippen LogP contribution < -0.4 is 10.7 Å². The fraction of sp³-hybridized carbons (Fsp3) is 0.111. The van der Waals surface area contributed by atoms with E-state index in [1.165, 1.54) is 18.3 Å². The lowest BCUT2D eigenvalue weighted by atomic mass is 10.1. The van der Waals surface area contributed by atoms with Gasteiger partial charge in [0.25, 0.3) is 5.91 Å². The molecule has 3 rings (SSSR count). The zero-order valence-electron chi connectivity index (χ0n) is 13.1. The number of nitrogens with one attached hydrogen (secondary N) is 1. The highest BCUT2D eigenvalue weighted by Gasteiger charge is 2.16. The summed E-state index contributed by atoms with van der Waals surface area (Å²) in [6.07, 6.45) is 1.44. The minimum Gasteiger partial charge on any atom is -0.347 e. The molecule has 0 aliphatic rings. The Balaban J connectivity index is 2.08. The lowest BCUT2D eigenvalue weighted by Gasteiger charge is -2.12. The van der Waals surface area contributed by atoms with E-state index >= 15 is 0 Å². The van der Waals surface area contributed by atoms with Crippen LogP contribution in [0.1, 0.15) is 17.3 Å². The number of amides is 1. The summed E-state index contributed by atoms with van der Waals surface area (Å²) in [5.41, 5.74) is 0.113. The van der Waals surface area contributed by atoms with Crippen molar-refractivity contribution in [3.63, 3.8) is 0 Å². The van der Waals surface area contributed by atoms with Crippen LogP contribution in [0.15, 0.2) is 47.4 Å². The van der Waals surface area contributed by atoms with Crippen LogP contribution >= 0.6 is 11.6 Å². The molecule has 1 N–H and O–H groups in total. The maximum absolute atomic E-state index is 13.3. The summed E-state index contributed by atoms with van der Waals surface area (Å²) >= 11 is 5.95. The molecule has 7 heteroatoms. The number of benzene rings is 2. The van der Waals surface area contributed by atoms with Crippen molar-refractivity contribution in [2.24, 2.45) is 0 Å². The summed E-state index contributed by atoms with van der Waals surface area (Å²) in [5, 5.41) is 3.10. The van der Waals surface area contributed by atoms with E-state index in [0.29, 0.717) is 22.5 Å². The third-order valence-corrected chi connectivity index (χ3v) is 4.04. The van der Waals surface area contributed by atoms with Crippen molar-refractivity contribution >= 4 is 34.1 Å². The van der Waals surface area contributed by atoms with Gasteiger partial charge in [-0.2, -0.15) is 0 Å². The van der Waals surface area contributed by atoms with Crippen molar-refractivity contribution in [1.82, 2.24) is 4.57 Å². The minimum atomic E-state index is -1.09. The quantitative estimate of drug-likeness (QED) is 0.759. The highest BCUT2D eigenvalue weighted by Crippen LogP contribution is 2.19. The second-order valence-electron chi connectivity index (χ2n) is 5.40. The molecule has 0 spiro atoms. The van der Waals surface area contributed by atoms with E-state index in [1.807, 2.05) is 6.92 Å². The Labute approximate surface area is 146 Å². The highest BCUT2D eigenvalue weighted by atomic mass is 35.5. The molecule has 3 aromatic rings. The Hall–Kier alpha value is -2.73. The summed E-state index contributed by atoms with van der Waals surface area (Å²) in [6.45, 7) is 2.40. The molecule has 25 heavy (non-hydrogen) atoms. The van der Waals surface area contributed by atoms with Gasteiger partial charge in [-0.1, -0.05) is 11.6 Å². The standard InChI is InChI=1S/C18H13ClF2N2O2/c1-2-23-9-13(17(24)12-7-10(19)3-6-16(12)23)18(25)22-11-4-5-14(20)15(21)8-11/h3-9H,2H2,1H3,(H,22,25). The fourth-order valence-corrected chi connectivity index (χ4v) is 2.74. The smallest absolute Gasteiger partial charge is 0.261 e. The summed E-state index contributed by atoms with van der Waals surface area (Å²) in [4.78, 5) is 25.1. The topological polar surface area (TPSA) is 51.1 Å². The van der Waals surface area contributed by atoms with Crippen molar-refractivity contribution in [3.05, 3.63) is 75.0 Å². The first-order valence-electron chi connectivity index (χ1n) is 7.50. The van der Waals surface area contributed by atoms with E-state index in [0.717, 1.165) is 12.1 Å². The molecule has 0 atom stereocenters. The third kappa shape index (κ3) is 3.25. The average molecular weight is 363 g/mol. The number of fused-ring (bicyclic) bond motifs is 1. The van der Waals surface area contributed by atoms with Crippen LogP contribution in [0.4, 0.5) is 14.5 Å². The Morgan fingerprint density at radius 1 is 1.16 bits per heavy atom. The molecule has 0 radical (unpaired) electrons. The van der Waals surface area contributed by atoms with E-state index in [4.69, 9.17) is 11.6 Å². The zero-order valence-corrected chi connectivity index (χ0v) is 13.9. The van der Waals surface area contributed by atoms with Crippen LogP contribution in [-0.2, 0) is 6.54 Å². The minimum absolute atomic E-state index is 0.0533. The molecule has 0 bridgehead atoms. The first kappa shape index (κ1) is 17.1. The number of hydrogen-bond donors (Lipinski definition) is 1. The predicted molar refractivity (Wildman–Crippen MR) is 93.2 cm³/mol. The molecule has 0 fully saturated rings. The molecule has 1 heterocycles. The molecule has 1 aromatic heterocycles. The second-order valence-corrected chi connectivity index (χ2v) is 5.84. The van der Waals surface area contributed by atoms with Gasteiger partial charge >= 0.3 is 0 Å². The Morgan fingerprint density at radius 2 is 1.92 bits per heavy atom. The van der Waals surface area contributed by atoms with Crippen molar-refractivity contribution < 1.29 is 13.6 Å². The number of aromatic nitrogens is 1. The van der Waals surface area contributed by atoms with Crippen LogP contribution in [-0.4, -0.2) is 10.5 Å². The number of nitrogens with zero attached hydrogens (tertiary/aromatic N) is 1. The lowest BCUT2D eigenvalue weighted by Crippen LogP contribution is -2.24. The molecular weight excluding hydrogens is 350 g/mol. The van der Waals surface area contributed by atoms with Gasteiger partial charge in [-0.3, -0.25) is 9.59 Å². The van der Waals surface area contributed by atoms with Gasteiger partial charge in [0.1, 0.15) is 5.56 Å². The first-order valence-corrected chi connectivity index (χ1v) is 7.87. The van der Waals surface area contributed by atoms with Crippen LogP contribution in [0.25, 0.3) is 10.9 Å². The van der Waals surface area contributed by atoms with Crippen molar-refractivity contribution in [1.29, 1.82) is 0 Å². The number of anilines is 1. The lowest BCUT2D eigenvalue weighted by molar-refractivity contribution is 0.102. The number of aryl methyl sites for hydroxylation is 1. The molecule has 1 amide bonds. The summed E-state index contributed by atoms with van der Waals surface area (Å²) < 4.78 is 28.0. The fourth-order valence-electron chi connectivity index (χ4n) is 2.57. The second kappa shape index (κ2) is 6.64. The van der Waals surface area contributed by atoms with Crippen molar-refractivity contribution in [2.45, 2.75) is 13.5 Å². The van der Waals surface area contributed by atoms with Crippen LogP contribution in [0, 0.1) is 11.6 Å². The zero-order chi connectivity index (χ0) is 18.1. The van der Waals surface area contributed by atoms with Crippen molar-refractivity contribution in [2.75, 3.05) is 5.32 Å². The number of rotatable bonds is 3. The van der Waals surface area contributed by atoms with E-state index in [9.17, 15) is 18.4 Å². The summed E-state index contributed by atoms with van der Waals surface area (Å²) in [7, 11) is 0. The number of pyridine rings is 1. The van der Waals surface area contributed by atoms with E-state index < -0.39 is 23.0 Å². The maximum atomic E-state index is 13.3. The number of halogens is 3. The molecule has 0 aliphatic heterocycles.